The lowest BCUT2D eigenvalue weighted by Gasteiger charge is -2.39. The number of nitrogen functional groups attached to an aromatic ring is 1. The van der Waals surface area contributed by atoms with Gasteiger partial charge in [-0.25, -0.2) is 4.98 Å². The zero-order chi connectivity index (χ0) is 16.7. The van der Waals surface area contributed by atoms with Crippen LogP contribution < -0.4 is 10.6 Å². The minimum Gasteiger partial charge on any atom is -0.393 e. The Morgan fingerprint density at radius 1 is 1.25 bits per heavy atom. The van der Waals surface area contributed by atoms with Crippen LogP contribution in [0.2, 0.25) is 0 Å². The molecule has 1 aliphatic heterocycles. The van der Waals surface area contributed by atoms with Gasteiger partial charge in [0.25, 0.3) is 0 Å². The first kappa shape index (κ1) is 15.1. The first-order valence-corrected chi connectivity index (χ1v) is 8.40. The lowest BCUT2D eigenvalue weighted by atomic mass is 9.90. The lowest BCUT2D eigenvalue weighted by Crippen LogP contribution is -2.42. The predicted molar refractivity (Wildman–Crippen MR) is 93.2 cm³/mol. The molecule has 0 atom stereocenters. The monoisotopic (exact) mass is 326 g/mol. The predicted octanol–water partition coefficient (Wildman–Crippen LogP) is 1.75. The van der Waals surface area contributed by atoms with Gasteiger partial charge in [0.1, 0.15) is 5.82 Å². The van der Waals surface area contributed by atoms with E-state index in [1.807, 2.05) is 19.3 Å². The number of H-pyrrole nitrogens is 1. The van der Waals surface area contributed by atoms with Crippen LogP contribution in [0.5, 0.6) is 0 Å². The summed E-state index contributed by atoms with van der Waals surface area (Å²) in [7, 11) is 0. The van der Waals surface area contributed by atoms with E-state index in [1.54, 1.807) is 0 Å². The molecule has 0 aromatic carbocycles. The van der Waals surface area contributed by atoms with Crippen LogP contribution in [0.1, 0.15) is 42.5 Å². The third-order valence-electron chi connectivity index (χ3n) is 5.04. The standard InChI is InChI=1S/C17H22N6O/c1-10-15-6-11(12-7-19-20-8-12)9-23(16(15)22-17(18)21-10)13-2-4-14(24)5-3-13/h6-8,13-14,24H,2-5,9H2,1H3,(H,19,20)(H2,18,21,22). The normalized spacial score (nSPS) is 23.8. The summed E-state index contributed by atoms with van der Waals surface area (Å²) in [6.45, 7) is 2.73. The van der Waals surface area contributed by atoms with Crippen molar-refractivity contribution in [2.75, 3.05) is 17.2 Å². The molecule has 0 spiro atoms. The Labute approximate surface area is 140 Å². The van der Waals surface area contributed by atoms with E-state index in [1.165, 1.54) is 5.57 Å². The second kappa shape index (κ2) is 5.90. The number of aliphatic hydroxyl groups excluding tert-OH is 1. The van der Waals surface area contributed by atoms with Crippen molar-refractivity contribution in [3.63, 3.8) is 0 Å². The van der Waals surface area contributed by atoms with Crippen LogP contribution in [0, 0.1) is 6.92 Å². The van der Waals surface area contributed by atoms with E-state index < -0.39 is 0 Å². The largest absolute Gasteiger partial charge is 0.393 e. The molecule has 2 aromatic rings. The fraction of sp³-hybridized carbons (Fsp3) is 0.471. The topological polar surface area (TPSA) is 104 Å². The number of aliphatic hydroxyl groups is 1. The van der Waals surface area contributed by atoms with Crippen molar-refractivity contribution >= 4 is 23.4 Å². The fourth-order valence-corrected chi connectivity index (χ4v) is 3.73. The summed E-state index contributed by atoms with van der Waals surface area (Å²) in [4.78, 5) is 11.2. The molecule has 0 bridgehead atoms. The van der Waals surface area contributed by atoms with Crippen molar-refractivity contribution in [2.45, 2.75) is 44.8 Å². The summed E-state index contributed by atoms with van der Waals surface area (Å²) in [5.41, 5.74) is 10.1. The number of fused-ring (bicyclic) bond motifs is 1. The number of aromatic nitrogens is 4. The van der Waals surface area contributed by atoms with Gasteiger partial charge >= 0.3 is 0 Å². The van der Waals surface area contributed by atoms with Crippen molar-refractivity contribution < 1.29 is 5.11 Å². The van der Waals surface area contributed by atoms with Crippen molar-refractivity contribution in [1.29, 1.82) is 0 Å². The van der Waals surface area contributed by atoms with Crippen molar-refractivity contribution in [3.05, 3.63) is 29.2 Å². The second-order valence-electron chi connectivity index (χ2n) is 6.65. The number of hydrogen-bond donors (Lipinski definition) is 3. The van der Waals surface area contributed by atoms with Crippen LogP contribution in [0.4, 0.5) is 11.8 Å². The summed E-state index contributed by atoms with van der Waals surface area (Å²) >= 11 is 0. The Hall–Kier alpha value is -2.41. The Bertz CT molecular complexity index is 762. The summed E-state index contributed by atoms with van der Waals surface area (Å²) in [6, 6.07) is 0.358. The van der Waals surface area contributed by atoms with Gasteiger partial charge in [-0.1, -0.05) is 0 Å². The van der Waals surface area contributed by atoms with Gasteiger partial charge in [-0.2, -0.15) is 10.1 Å². The molecule has 1 fully saturated rings. The van der Waals surface area contributed by atoms with Gasteiger partial charge in [0.15, 0.2) is 0 Å². The molecular formula is C17H22N6O. The third kappa shape index (κ3) is 2.65. The highest BCUT2D eigenvalue weighted by Crippen LogP contribution is 2.37. The van der Waals surface area contributed by atoms with E-state index in [4.69, 9.17) is 5.73 Å². The zero-order valence-corrected chi connectivity index (χ0v) is 13.7. The molecule has 0 saturated heterocycles. The first-order valence-electron chi connectivity index (χ1n) is 8.40. The molecule has 1 aliphatic carbocycles. The minimum atomic E-state index is -0.174. The lowest BCUT2D eigenvalue weighted by molar-refractivity contribution is 0.122. The Morgan fingerprint density at radius 2 is 2.04 bits per heavy atom. The van der Waals surface area contributed by atoms with Crippen molar-refractivity contribution in [3.8, 4) is 0 Å². The zero-order valence-electron chi connectivity index (χ0n) is 13.7. The van der Waals surface area contributed by atoms with E-state index in [0.717, 1.165) is 54.9 Å². The minimum absolute atomic E-state index is 0.174. The molecule has 4 rings (SSSR count). The number of aryl methyl sites for hydroxylation is 1. The SMILES string of the molecule is Cc1nc(N)nc2c1C=C(c1cn[nH]c1)CN2C1CCC(O)CC1. The number of rotatable bonds is 2. The van der Waals surface area contributed by atoms with E-state index in [0.29, 0.717) is 12.0 Å². The number of anilines is 2. The number of nitrogens with zero attached hydrogens (tertiary/aromatic N) is 4. The maximum absolute atomic E-state index is 9.82. The van der Waals surface area contributed by atoms with E-state index in [2.05, 4.69) is 31.1 Å². The van der Waals surface area contributed by atoms with Crippen LogP contribution >= 0.6 is 0 Å². The molecule has 7 nitrogen and oxygen atoms in total. The van der Waals surface area contributed by atoms with Gasteiger partial charge in [-0.15, -0.1) is 0 Å². The molecule has 126 valence electrons. The molecule has 0 amide bonds. The van der Waals surface area contributed by atoms with Crippen molar-refractivity contribution in [1.82, 2.24) is 20.2 Å². The molecule has 7 heteroatoms. The maximum Gasteiger partial charge on any atom is 0.222 e. The van der Waals surface area contributed by atoms with Gasteiger partial charge in [0.2, 0.25) is 5.95 Å². The van der Waals surface area contributed by atoms with Crippen molar-refractivity contribution in [2.24, 2.45) is 0 Å². The summed E-state index contributed by atoms with van der Waals surface area (Å²) in [5.74, 6) is 1.22. The quantitative estimate of drug-likeness (QED) is 0.777. The average molecular weight is 326 g/mol. The first-order chi connectivity index (χ1) is 11.6. The van der Waals surface area contributed by atoms with E-state index in [9.17, 15) is 5.11 Å². The molecule has 24 heavy (non-hydrogen) atoms. The molecule has 3 heterocycles. The van der Waals surface area contributed by atoms with Crippen LogP contribution in [0.15, 0.2) is 12.4 Å². The highest BCUT2D eigenvalue weighted by Gasteiger charge is 2.31. The average Bonchev–Trinajstić information content (AvgIpc) is 3.09. The number of hydrogen-bond acceptors (Lipinski definition) is 6. The van der Waals surface area contributed by atoms with Gasteiger partial charge in [0.05, 0.1) is 18.0 Å². The second-order valence-corrected chi connectivity index (χ2v) is 6.65. The summed E-state index contributed by atoms with van der Waals surface area (Å²) in [5, 5.41) is 16.8. The van der Waals surface area contributed by atoms with Gasteiger partial charge in [-0.05, 0) is 44.3 Å². The van der Waals surface area contributed by atoms with Crippen LogP contribution in [0.25, 0.3) is 11.6 Å². The third-order valence-corrected chi connectivity index (χ3v) is 5.04. The summed E-state index contributed by atoms with van der Waals surface area (Å²) in [6.07, 6.45) is 9.31. The van der Waals surface area contributed by atoms with Gasteiger partial charge in [0, 0.05) is 29.9 Å². The fourth-order valence-electron chi connectivity index (χ4n) is 3.73. The Kier molecular flexibility index (Phi) is 3.72. The molecular weight excluding hydrogens is 304 g/mol. The molecule has 0 radical (unpaired) electrons. The van der Waals surface area contributed by atoms with Gasteiger partial charge < -0.3 is 15.7 Å². The maximum atomic E-state index is 9.82. The molecule has 2 aromatic heterocycles. The Morgan fingerprint density at radius 3 is 2.75 bits per heavy atom. The Balaban J connectivity index is 1.76. The molecule has 0 unspecified atom stereocenters. The number of nitrogens with two attached hydrogens (primary N) is 1. The highest BCUT2D eigenvalue weighted by atomic mass is 16.3. The molecule has 1 saturated carbocycles. The summed E-state index contributed by atoms with van der Waals surface area (Å²) < 4.78 is 0. The highest BCUT2D eigenvalue weighted by molar-refractivity contribution is 5.90. The van der Waals surface area contributed by atoms with Gasteiger partial charge in [-0.3, -0.25) is 5.10 Å². The van der Waals surface area contributed by atoms with E-state index in [-0.39, 0.29) is 6.10 Å². The van der Waals surface area contributed by atoms with Crippen LogP contribution in [-0.4, -0.2) is 44.0 Å². The van der Waals surface area contributed by atoms with Crippen LogP contribution in [-0.2, 0) is 0 Å². The number of nitrogens with one attached hydrogen (secondary N) is 1. The smallest absolute Gasteiger partial charge is 0.222 e. The van der Waals surface area contributed by atoms with Crippen LogP contribution in [0.3, 0.4) is 0 Å². The van der Waals surface area contributed by atoms with E-state index >= 15 is 0 Å². The number of aromatic amines is 1. The molecule has 2 aliphatic rings. The molecule has 4 N–H and O–H groups in total.